The van der Waals surface area contributed by atoms with Crippen molar-refractivity contribution in [1.82, 2.24) is 10.6 Å². The van der Waals surface area contributed by atoms with E-state index in [0.29, 0.717) is 11.3 Å². The standard InChI is InChI=1S/C27H36N2O9S2/c1-3-39-13-7-12-37-27(26(35)36)14-18(31)22(29-16(2)30)24(38-27)23(33)19(32)15-28-25(34)21-11-10-20(40-21)17-8-5-4-6-9-17/h4-6,8-11,18-19,22-24,31-33H,3,7,12-15H2,1-2H3,(H,28,34)(H,29,30)(H,35,36)/t18?,19-,22-,23-,24-,27-/m1/s1. The molecule has 1 saturated heterocycles. The number of aliphatic hydroxyl groups excluding tert-OH is 3. The number of nitrogens with one attached hydrogen (secondary N) is 2. The molecule has 1 aromatic carbocycles. The summed E-state index contributed by atoms with van der Waals surface area (Å²) in [4.78, 5) is 38.0. The highest BCUT2D eigenvalue weighted by molar-refractivity contribution is 7.99. The van der Waals surface area contributed by atoms with E-state index in [0.717, 1.165) is 21.9 Å². The van der Waals surface area contributed by atoms with Crippen LogP contribution in [0.2, 0.25) is 0 Å². The summed E-state index contributed by atoms with van der Waals surface area (Å²) < 4.78 is 11.3. The van der Waals surface area contributed by atoms with Gasteiger partial charge < -0.3 is 40.5 Å². The number of benzene rings is 1. The predicted molar refractivity (Wildman–Crippen MR) is 151 cm³/mol. The van der Waals surface area contributed by atoms with Gasteiger partial charge in [0.1, 0.15) is 12.2 Å². The molecule has 1 aromatic heterocycles. The Balaban J connectivity index is 1.69. The highest BCUT2D eigenvalue weighted by atomic mass is 32.2. The van der Waals surface area contributed by atoms with Gasteiger partial charge in [0, 0.05) is 24.8 Å². The molecule has 0 spiro atoms. The molecule has 2 heterocycles. The number of amides is 2. The fraction of sp³-hybridized carbons (Fsp3) is 0.519. The zero-order valence-corrected chi connectivity index (χ0v) is 24.0. The van der Waals surface area contributed by atoms with Crippen molar-refractivity contribution in [1.29, 1.82) is 0 Å². The van der Waals surface area contributed by atoms with Crippen LogP contribution in [0.15, 0.2) is 42.5 Å². The highest BCUT2D eigenvalue weighted by Gasteiger charge is 2.55. The van der Waals surface area contributed by atoms with Crippen LogP contribution in [0, 0.1) is 0 Å². The smallest absolute Gasteiger partial charge is 0.364 e. The second-order valence-corrected chi connectivity index (χ2v) is 11.8. The number of aliphatic hydroxyl groups is 3. The average Bonchev–Trinajstić information content (AvgIpc) is 3.43. The Morgan fingerprint density at radius 2 is 1.93 bits per heavy atom. The Hall–Kier alpha value is -2.52. The number of aliphatic carboxylic acids is 1. The van der Waals surface area contributed by atoms with Crippen molar-refractivity contribution in [2.75, 3.05) is 24.7 Å². The van der Waals surface area contributed by atoms with E-state index in [4.69, 9.17) is 9.47 Å². The third kappa shape index (κ3) is 8.26. The summed E-state index contributed by atoms with van der Waals surface area (Å²) in [6.45, 7) is 2.80. The molecular weight excluding hydrogens is 560 g/mol. The van der Waals surface area contributed by atoms with Gasteiger partial charge in [-0.2, -0.15) is 11.8 Å². The zero-order valence-electron chi connectivity index (χ0n) is 22.3. The van der Waals surface area contributed by atoms with Crippen LogP contribution < -0.4 is 10.6 Å². The molecule has 1 aliphatic rings. The number of ether oxygens (including phenoxy) is 2. The number of hydrogen-bond acceptors (Lipinski definition) is 10. The summed E-state index contributed by atoms with van der Waals surface area (Å²) in [7, 11) is 0. The number of carbonyl (C=O) groups excluding carboxylic acids is 2. The van der Waals surface area contributed by atoms with Crippen molar-refractivity contribution in [3.05, 3.63) is 47.3 Å². The normalized spacial score (nSPS) is 24.2. The van der Waals surface area contributed by atoms with Gasteiger partial charge in [-0.25, -0.2) is 4.79 Å². The molecule has 40 heavy (non-hydrogen) atoms. The first-order chi connectivity index (χ1) is 19.1. The zero-order chi connectivity index (χ0) is 29.3. The van der Waals surface area contributed by atoms with E-state index >= 15 is 0 Å². The lowest BCUT2D eigenvalue weighted by atomic mass is 9.88. The van der Waals surface area contributed by atoms with Crippen molar-refractivity contribution < 1.29 is 44.3 Å². The van der Waals surface area contributed by atoms with E-state index in [1.165, 1.54) is 18.3 Å². The monoisotopic (exact) mass is 596 g/mol. The Labute approximate surface area is 240 Å². The number of carboxylic acids is 1. The summed E-state index contributed by atoms with van der Waals surface area (Å²) in [5, 5.41) is 47.5. The van der Waals surface area contributed by atoms with Crippen molar-refractivity contribution >= 4 is 40.9 Å². The van der Waals surface area contributed by atoms with E-state index in [1.54, 1.807) is 17.8 Å². The molecule has 6 N–H and O–H groups in total. The Morgan fingerprint density at radius 1 is 1.20 bits per heavy atom. The lowest BCUT2D eigenvalue weighted by Gasteiger charge is -2.46. The molecular formula is C27H36N2O9S2. The first kappa shape index (κ1) is 32.0. The number of thioether (sulfide) groups is 1. The van der Waals surface area contributed by atoms with E-state index in [9.17, 15) is 34.8 Å². The van der Waals surface area contributed by atoms with E-state index in [1.807, 2.05) is 43.3 Å². The van der Waals surface area contributed by atoms with Crippen molar-refractivity contribution in [2.45, 2.75) is 62.9 Å². The van der Waals surface area contributed by atoms with Crippen molar-refractivity contribution in [3.63, 3.8) is 0 Å². The van der Waals surface area contributed by atoms with Gasteiger partial charge in [0.25, 0.3) is 11.7 Å². The predicted octanol–water partition coefficient (Wildman–Crippen LogP) is 1.46. The second kappa shape index (κ2) is 14.9. The maximum Gasteiger partial charge on any atom is 0.364 e. The molecule has 3 rings (SSSR count). The Kier molecular flexibility index (Phi) is 11.9. The number of carboxylic acid groups (broad SMARTS) is 1. The average molecular weight is 597 g/mol. The van der Waals surface area contributed by atoms with Crippen LogP contribution in [-0.4, -0.2) is 99.1 Å². The van der Waals surface area contributed by atoms with Gasteiger partial charge in [0.05, 0.1) is 29.7 Å². The molecule has 2 amide bonds. The Morgan fingerprint density at radius 3 is 2.58 bits per heavy atom. The van der Waals surface area contributed by atoms with Gasteiger partial charge in [-0.1, -0.05) is 37.3 Å². The maximum absolute atomic E-state index is 12.7. The summed E-state index contributed by atoms with van der Waals surface area (Å²) in [6.07, 6.45) is -6.44. The van der Waals surface area contributed by atoms with Gasteiger partial charge in [-0.3, -0.25) is 9.59 Å². The van der Waals surface area contributed by atoms with Crippen molar-refractivity contribution in [3.8, 4) is 10.4 Å². The summed E-state index contributed by atoms with van der Waals surface area (Å²) >= 11 is 2.91. The number of thiophene rings is 1. The molecule has 0 aliphatic carbocycles. The molecule has 6 atom stereocenters. The van der Waals surface area contributed by atoms with Gasteiger partial charge in [-0.15, -0.1) is 11.3 Å². The molecule has 13 heteroatoms. The largest absolute Gasteiger partial charge is 0.477 e. The van der Waals surface area contributed by atoms with Crippen LogP contribution in [0.4, 0.5) is 0 Å². The second-order valence-electron chi connectivity index (χ2n) is 9.34. The fourth-order valence-electron chi connectivity index (χ4n) is 4.33. The third-order valence-corrected chi connectivity index (χ3v) is 8.45. The maximum atomic E-state index is 12.7. The minimum absolute atomic E-state index is 0.0179. The van der Waals surface area contributed by atoms with Gasteiger partial charge in [-0.05, 0) is 35.6 Å². The molecule has 1 fully saturated rings. The van der Waals surface area contributed by atoms with Gasteiger partial charge in [0.2, 0.25) is 5.91 Å². The van der Waals surface area contributed by atoms with Crippen LogP contribution >= 0.6 is 23.1 Å². The Bertz CT molecular complexity index is 1130. The van der Waals surface area contributed by atoms with Crippen molar-refractivity contribution in [2.24, 2.45) is 0 Å². The topological polar surface area (TPSA) is 175 Å². The quantitative estimate of drug-likeness (QED) is 0.175. The fourth-order valence-corrected chi connectivity index (χ4v) is 5.87. The minimum atomic E-state index is -2.30. The van der Waals surface area contributed by atoms with E-state index < -0.39 is 67.0 Å². The van der Waals surface area contributed by atoms with Crippen LogP contribution in [0.1, 0.15) is 36.4 Å². The molecule has 0 radical (unpaired) electrons. The lowest BCUT2D eigenvalue weighted by Crippen LogP contribution is -2.68. The summed E-state index contributed by atoms with van der Waals surface area (Å²) in [6, 6.07) is 11.7. The molecule has 0 bridgehead atoms. The van der Waals surface area contributed by atoms with Gasteiger partial charge >= 0.3 is 5.97 Å². The molecule has 2 aromatic rings. The lowest BCUT2D eigenvalue weighted by molar-refractivity contribution is -0.310. The SMILES string of the molecule is CCSCCCO[C@]1(C(=O)O)CC(O)[C@@H](NC(C)=O)[C@H]([C@H](O)[C@H](O)CNC(=O)c2ccc(-c3ccccc3)s2)O1. The third-order valence-electron chi connectivity index (χ3n) is 6.33. The molecule has 11 nitrogen and oxygen atoms in total. The number of rotatable bonds is 14. The van der Waals surface area contributed by atoms with Crippen LogP contribution in [0.3, 0.4) is 0 Å². The molecule has 220 valence electrons. The summed E-state index contributed by atoms with van der Waals surface area (Å²) in [5.41, 5.74) is 0.951. The highest BCUT2D eigenvalue weighted by Crippen LogP contribution is 2.34. The first-order valence-electron chi connectivity index (χ1n) is 13.0. The minimum Gasteiger partial charge on any atom is -0.477 e. The molecule has 0 saturated carbocycles. The number of hydrogen-bond donors (Lipinski definition) is 6. The van der Waals surface area contributed by atoms with Crippen LogP contribution in [0.25, 0.3) is 10.4 Å². The van der Waals surface area contributed by atoms with E-state index in [2.05, 4.69) is 10.6 Å². The van der Waals surface area contributed by atoms with Crippen LogP contribution in [0.5, 0.6) is 0 Å². The summed E-state index contributed by atoms with van der Waals surface area (Å²) in [5.74, 6) is -3.23. The first-order valence-corrected chi connectivity index (χ1v) is 14.9. The van der Waals surface area contributed by atoms with Gasteiger partial charge in [0.15, 0.2) is 0 Å². The van der Waals surface area contributed by atoms with E-state index in [-0.39, 0.29) is 6.61 Å². The number of carbonyl (C=O) groups is 3. The molecule has 1 unspecified atom stereocenters. The van der Waals surface area contributed by atoms with Crippen LogP contribution in [-0.2, 0) is 19.1 Å². The molecule has 1 aliphatic heterocycles.